The Hall–Kier alpha value is -1.79. The molecule has 0 saturated carbocycles. The molecule has 1 rings (SSSR count). The zero-order chi connectivity index (χ0) is 14.6. The Morgan fingerprint density at radius 1 is 1.42 bits per heavy atom. The minimum Gasteiger partial charge on any atom is -0.480 e. The lowest BCUT2D eigenvalue weighted by atomic mass is 10.2. The van der Waals surface area contributed by atoms with Crippen LogP contribution >= 0.6 is 0 Å². The van der Waals surface area contributed by atoms with E-state index in [1.165, 1.54) is 11.0 Å². The minimum atomic E-state index is -4.44. The molecular formula is C12H15F3N2O2. The molecule has 4 nitrogen and oxygen atoms in total. The van der Waals surface area contributed by atoms with Crippen molar-refractivity contribution in [2.75, 3.05) is 18.0 Å². The second-order valence-corrected chi connectivity index (χ2v) is 4.57. The van der Waals surface area contributed by atoms with Crippen molar-refractivity contribution < 1.29 is 23.1 Å². The third kappa shape index (κ3) is 4.76. The van der Waals surface area contributed by atoms with Crippen LogP contribution in [0.2, 0.25) is 0 Å². The molecule has 0 spiro atoms. The van der Waals surface area contributed by atoms with Gasteiger partial charge < -0.3 is 10.0 Å². The number of carboxylic acid groups (broad SMARTS) is 1. The summed E-state index contributed by atoms with van der Waals surface area (Å²) < 4.78 is 37.2. The predicted molar refractivity (Wildman–Crippen MR) is 63.9 cm³/mol. The van der Waals surface area contributed by atoms with Gasteiger partial charge in [-0.15, -0.1) is 0 Å². The van der Waals surface area contributed by atoms with Gasteiger partial charge in [-0.05, 0) is 18.1 Å². The maximum Gasteiger partial charge on any atom is 0.417 e. The highest BCUT2D eigenvalue weighted by molar-refractivity contribution is 5.73. The number of rotatable bonds is 5. The van der Waals surface area contributed by atoms with E-state index >= 15 is 0 Å². The molecule has 1 N–H and O–H groups in total. The molecule has 1 heterocycles. The normalized spacial score (nSPS) is 11.7. The molecule has 0 aliphatic rings. The van der Waals surface area contributed by atoms with Crippen LogP contribution < -0.4 is 4.90 Å². The number of alkyl halides is 3. The first-order valence-electron chi connectivity index (χ1n) is 5.70. The van der Waals surface area contributed by atoms with Crippen molar-refractivity contribution in [3.8, 4) is 0 Å². The highest BCUT2D eigenvalue weighted by atomic mass is 19.4. The van der Waals surface area contributed by atoms with Crippen molar-refractivity contribution in [3.05, 3.63) is 23.9 Å². The third-order valence-corrected chi connectivity index (χ3v) is 2.31. The highest BCUT2D eigenvalue weighted by Gasteiger charge is 2.31. The molecule has 0 fully saturated rings. The second kappa shape index (κ2) is 5.90. The van der Waals surface area contributed by atoms with Gasteiger partial charge in [0.05, 0.1) is 5.56 Å². The molecule has 0 radical (unpaired) electrons. The fraction of sp³-hybridized carbons (Fsp3) is 0.500. The zero-order valence-electron chi connectivity index (χ0n) is 10.6. The Labute approximate surface area is 108 Å². The SMILES string of the molecule is CC(C)CN(CC(=O)O)c1ccc(C(F)(F)F)cn1. The van der Waals surface area contributed by atoms with E-state index in [1.54, 1.807) is 0 Å². The van der Waals surface area contributed by atoms with Gasteiger partial charge in [0.1, 0.15) is 12.4 Å². The lowest BCUT2D eigenvalue weighted by Crippen LogP contribution is -2.33. The largest absolute Gasteiger partial charge is 0.480 e. The molecule has 0 aliphatic heterocycles. The number of nitrogens with zero attached hydrogens (tertiary/aromatic N) is 2. The van der Waals surface area contributed by atoms with E-state index in [9.17, 15) is 18.0 Å². The molecule has 1 aromatic rings. The minimum absolute atomic E-state index is 0.170. The number of halogens is 3. The van der Waals surface area contributed by atoms with Gasteiger partial charge in [-0.25, -0.2) is 4.98 Å². The van der Waals surface area contributed by atoms with Crippen molar-refractivity contribution in [2.24, 2.45) is 5.92 Å². The van der Waals surface area contributed by atoms with Gasteiger partial charge in [-0.2, -0.15) is 13.2 Å². The number of pyridine rings is 1. The van der Waals surface area contributed by atoms with E-state index < -0.39 is 17.7 Å². The van der Waals surface area contributed by atoms with Gasteiger partial charge >= 0.3 is 12.1 Å². The summed E-state index contributed by atoms with van der Waals surface area (Å²) in [5.74, 6) is -0.658. The molecule has 1 aromatic heterocycles. The predicted octanol–water partition coefficient (Wildman–Crippen LogP) is 2.65. The van der Waals surface area contributed by atoms with Crippen LogP contribution in [0.4, 0.5) is 19.0 Å². The number of aromatic nitrogens is 1. The van der Waals surface area contributed by atoms with E-state index in [2.05, 4.69) is 4.98 Å². The first-order chi connectivity index (χ1) is 8.70. The summed E-state index contributed by atoms with van der Waals surface area (Å²) in [6.45, 7) is 3.89. The third-order valence-electron chi connectivity index (χ3n) is 2.31. The van der Waals surface area contributed by atoms with Crippen LogP contribution in [-0.2, 0) is 11.0 Å². The standard InChI is InChI=1S/C12H15F3N2O2/c1-8(2)6-17(7-11(18)19)10-4-3-9(5-16-10)12(13,14)15/h3-5,8H,6-7H2,1-2H3,(H,18,19). The van der Waals surface area contributed by atoms with Crippen molar-refractivity contribution in [3.63, 3.8) is 0 Å². The fourth-order valence-corrected chi connectivity index (χ4v) is 1.58. The molecule has 106 valence electrons. The van der Waals surface area contributed by atoms with E-state index in [0.29, 0.717) is 12.7 Å². The van der Waals surface area contributed by atoms with Crippen molar-refractivity contribution in [1.29, 1.82) is 0 Å². The van der Waals surface area contributed by atoms with E-state index in [1.807, 2.05) is 13.8 Å². The smallest absolute Gasteiger partial charge is 0.417 e. The molecule has 0 atom stereocenters. The van der Waals surface area contributed by atoms with E-state index in [0.717, 1.165) is 6.07 Å². The van der Waals surface area contributed by atoms with E-state index in [-0.39, 0.29) is 18.3 Å². The Morgan fingerprint density at radius 3 is 2.42 bits per heavy atom. The van der Waals surface area contributed by atoms with Gasteiger partial charge in [0.2, 0.25) is 0 Å². The van der Waals surface area contributed by atoms with Gasteiger partial charge in [0.15, 0.2) is 0 Å². The number of hydrogen-bond donors (Lipinski definition) is 1. The summed E-state index contributed by atoms with van der Waals surface area (Å²) in [4.78, 5) is 15.9. The van der Waals surface area contributed by atoms with Crippen molar-refractivity contribution in [2.45, 2.75) is 20.0 Å². The molecular weight excluding hydrogens is 261 g/mol. The average molecular weight is 276 g/mol. The maximum absolute atomic E-state index is 12.4. The van der Waals surface area contributed by atoms with Gasteiger partial charge in [-0.3, -0.25) is 4.79 Å². The summed E-state index contributed by atoms with van der Waals surface area (Å²) in [6.07, 6.45) is -3.73. The first-order valence-corrected chi connectivity index (χ1v) is 5.70. The molecule has 19 heavy (non-hydrogen) atoms. The molecule has 0 amide bonds. The molecule has 0 aliphatic carbocycles. The molecule has 0 bridgehead atoms. The molecule has 0 unspecified atom stereocenters. The second-order valence-electron chi connectivity index (χ2n) is 4.57. The van der Waals surface area contributed by atoms with Gasteiger partial charge in [-0.1, -0.05) is 13.8 Å². The Balaban J connectivity index is 2.93. The number of carbonyl (C=O) groups is 1. The summed E-state index contributed by atoms with van der Waals surface area (Å²) in [5, 5.41) is 8.79. The van der Waals surface area contributed by atoms with E-state index in [4.69, 9.17) is 5.11 Å². The fourth-order valence-electron chi connectivity index (χ4n) is 1.58. The van der Waals surface area contributed by atoms with Crippen LogP contribution in [0, 0.1) is 5.92 Å². The highest BCUT2D eigenvalue weighted by Crippen LogP contribution is 2.29. The number of hydrogen-bond acceptors (Lipinski definition) is 3. The first kappa shape index (κ1) is 15.3. The zero-order valence-corrected chi connectivity index (χ0v) is 10.6. The van der Waals surface area contributed by atoms with Crippen LogP contribution in [0.5, 0.6) is 0 Å². The molecule has 0 aromatic carbocycles. The average Bonchev–Trinajstić information content (AvgIpc) is 2.26. The van der Waals surface area contributed by atoms with Crippen molar-refractivity contribution >= 4 is 11.8 Å². The Kier molecular flexibility index (Phi) is 4.74. The number of carboxylic acids is 1. The van der Waals surface area contributed by atoms with Crippen LogP contribution in [0.3, 0.4) is 0 Å². The van der Waals surface area contributed by atoms with Gasteiger partial charge in [0, 0.05) is 12.7 Å². The summed E-state index contributed by atoms with van der Waals surface area (Å²) in [5.41, 5.74) is -0.851. The van der Waals surface area contributed by atoms with Crippen LogP contribution in [0.25, 0.3) is 0 Å². The monoisotopic (exact) mass is 276 g/mol. The topological polar surface area (TPSA) is 53.4 Å². The summed E-state index contributed by atoms with van der Waals surface area (Å²) >= 11 is 0. The number of anilines is 1. The number of aliphatic carboxylic acids is 1. The maximum atomic E-state index is 12.4. The molecule has 7 heteroatoms. The van der Waals surface area contributed by atoms with Crippen LogP contribution in [-0.4, -0.2) is 29.1 Å². The summed E-state index contributed by atoms with van der Waals surface area (Å²) in [6, 6.07) is 2.09. The van der Waals surface area contributed by atoms with Gasteiger partial charge in [0.25, 0.3) is 0 Å². The quantitative estimate of drug-likeness (QED) is 0.898. The lowest BCUT2D eigenvalue weighted by Gasteiger charge is -2.23. The van der Waals surface area contributed by atoms with Crippen LogP contribution in [0.15, 0.2) is 18.3 Å². The Morgan fingerprint density at radius 2 is 2.05 bits per heavy atom. The summed E-state index contributed by atoms with van der Waals surface area (Å²) in [7, 11) is 0. The van der Waals surface area contributed by atoms with Crippen LogP contribution in [0.1, 0.15) is 19.4 Å². The van der Waals surface area contributed by atoms with Crippen molar-refractivity contribution in [1.82, 2.24) is 4.98 Å². The lowest BCUT2D eigenvalue weighted by molar-refractivity contribution is -0.138. The Bertz CT molecular complexity index is 430. The molecule has 0 saturated heterocycles.